The van der Waals surface area contributed by atoms with Crippen LogP contribution in [0.25, 0.3) is 0 Å². The average Bonchev–Trinajstić information content (AvgIpc) is 2.62. The first-order valence-corrected chi connectivity index (χ1v) is 10.4. The van der Waals surface area contributed by atoms with Crippen molar-refractivity contribution >= 4 is 10.2 Å². The average molecular weight is 368 g/mol. The van der Waals surface area contributed by atoms with Gasteiger partial charge in [-0.2, -0.15) is 17.0 Å². The van der Waals surface area contributed by atoms with E-state index in [1.165, 1.54) is 0 Å². The molecule has 2 heterocycles. The van der Waals surface area contributed by atoms with Crippen LogP contribution in [0.2, 0.25) is 0 Å². The number of hydrogen-bond donors (Lipinski definition) is 1. The van der Waals surface area contributed by atoms with Crippen molar-refractivity contribution in [3.63, 3.8) is 0 Å². The monoisotopic (exact) mass is 368 g/mol. The van der Waals surface area contributed by atoms with Crippen LogP contribution in [0.4, 0.5) is 0 Å². The van der Waals surface area contributed by atoms with Crippen LogP contribution in [0.5, 0.6) is 5.75 Å². The predicted molar refractivity (Wildman–Crippen MR) is 96.7 cm³/mol. The number of aromatic hydroxyl groups is 1. The van der Waals surface area contributed by atoms with Gasteiger partial charge in [-0.1, -0.05) is 12.1 Å². The molecule has 2 aliphatic heterocycles. The van der Waals surface area contributed by atoms with E-state index in [1.54, 1.807) is 27.9 Å². The fraction of sp³-hybridized carbons (Fsp3) is 0.667. The molecule has 1 aromatic carbocycles. The highest BCUT2D eigenvalue weighted by molar-refractivity contribution is 7.86. The van der Waals surface area contributed by atoms with Crippen LogP contribution in [0.1, 0.15) is 37.2 Å². The van der Waals surface area contributed by atoms with Crippen LogP contribution in [-0.4, -0.2) is 62.0 Å². The minimum Gasteiger partial charge on any atom is -0.508 e. The quantitative estimate of drug-likeness (QED) is 0.865. The molecule has 1 unspecified atom stereocenters. The summed E-state index contributed by atoms with van der Waals surface area (Å²) < 4.78 is 34.4. The van der Waals surface area contributed by atoms with Crippen LogP contribution >= 0.6 is 0 Å². The summed E-state index contributed by atoms with van der Waals surface area (Å²) in [6.45, 7) is 2.85. The van der Waals surface area contributed by atoms with Crippen molar-refractivity contribution in [1.29, 1.82) is 0 Å². The van der Waals surface area contributed by atoms with E-state index < -0.39 is 10.2 Å². The van der Waals surface area contributed by atoms with E-state index in [0.29, 0.717) is 44.6 Å². The lowest BCUT2D eigenvalue weighted by Crippen LogP contribution is -2.50. The molecule has 140 valence electrons. The highest BCUT2D eigenvalue weighted by atomic mass is 32.2. The van der Waals surface area contributed by atoms with Gasteiger partial charge in [0, 0.05) is 33.3 Å². The summed E-state index contributed by atoms with van der Waals surface area (Å²) in [6, 6.07) is 7.30. The van der Waals surface area contributed by atoms with Gasteiger partial charge >= 0.3 is 0 Å². The Bertz CT molecular complexity index is 669. The zero-order valence-electron chi connectivity index (χ0n) is 14.8. The smallest absolute Gasteiger partial charge is 0.281 e. The first kappa shape index (κ1) is 18.6. The van der Waals surface area contributed by atoms with E-state index >= 15 is 0 Å². The fourth-order valence-electron chi connectivity index (χ4n) is 3.97. The van der Waals surface area contributed by atoms with Gasteiger partial charge in [0.25, 0.3) is 10.2 Å². The number of piperidine rings is 2. The van der Waals surface area contributed by atoms with Gasteiger partial charge in [0.15, 0.2) is 0 Å². The van der Waals surface area contributed by atoms with Crippen LogP contribution < -0.4 is 0 Å². The van der Waals surface area contributed by atoms with Gasteiger partial charge in [0.2, 0.25) is 0 Å². The lowest BCUT2D eigenvalue weighted by Gasteiger charge is -2.38. The van der Waals surface area contributed by atoms with Gasteiger partial charge in [-0.05, 0) is 55.2 Å². The number of hydrogen-bond acceptors (Lipinski definition) is 4. The molecule has 0 bridgehead atoms. The Labute approximate surface area is 150 Å². The number of benzene rings is 1. The lowest BCUT2D eigenvalue weighted by molar-refractivity contribution is 0.115. The topological polar surface area (TPSA) is 70.1 Å². The first-order chi connectivity index (χ1) is 12.0. The molecule has 0 spiro atoms. The number of methoxy groups -OCH3 is 1. The lowest BCUT2D eigenvalue weighted by atomic mass is 9.90. The van der Waals surface area contributed by atoms with E-state index in [9.17, 15) is 13.5 Å². The zero-order valence-corrected chi connectivity index (χ0v) is 15.6. The van der Waals surface area contributed by atoms with E-state index in [-0.39, 0.29) is 5.75 Å². The molecule has 1 atom stereocenters. The maximum Gasteiger partial charge on any atom is 0.281 e. The third-order valence-corrected chi connectivity index (χ3v) is 7.33. The second-order valence-corrected chi connectivity index (χ2v) is 9.03. The van der Waals surface area contributed by atoms with Gasteiger partial charge in [0.1, 0.15) is 5.75 Å². The summed E-state index contributed by atoms with van der Waals surface area (Å²) in [5, 5.41) is 9.64. The number of phenols is 1. The van der Waals surface area contributed by atoms with E-state index in [0.717, 1.165) is 31.2 Å². The van der Waals surface area contributed by atoms with Crippen LogP contribution in [0.15, 0.2) is 24.3 Å². The second kappa shape index (κ2) is 8.03. The molecule has 6 nitrogen and oxygen atoms in total. The van der Waals surface area contributed by atoms with E-state index in [2.05, 4.69) is 0 Å². The number of ether oxygens (including phenoxy) is 1. The Morgan fingerprint density at radius 3 is 2.60 bits per heavy atom. The maximum absolute atomic E-state index is 13.0. The molecule has 25 heavy (non-hydrogen) atoms. The van der Waals surface area contributed by atoms with Crippen molar-refractivity contribution in [3.8, 4) is 5.75 Å². The van der Waals surface area contributed by atoms with Crippen molar-refractivity contribution in [1.82, 2.24) is 8.61 Å². The summed E-state index contributed by atoms with van der Waals surface area (Å²) in [6.07, 6.45) is 3.50. The minimum atomic E-state index is -3.39. The zero-order chi connectivity index (χ0) is 17.9. The van der Waals surface area contributed by atoms with Crippen molar-refractivity contribution in [2.75, 3.05) is 39.9 Å². The Morgan fingerprint density at radius 1 is 1.16 bits per heavy atom. The van der Waals surface area contributed by atoms with Gasteiger partial charge in [0.05, 0.1) is 6.61 Å². The number of nitrogens with zero attached hydrogens (tertiary/aromatic N) is 2. The number of rotatable bonds is 5. The fourth-order valence-corrected chi connectivity index (χ4v) is 5.73. The molecular formula is C18H28N2O4S. The molecule has 2 saturated heterocycles. The third kappa shape index (κ3) is 4.34. The molecule has 0 aliphatic carbocycles. The normalized spacial score (nSPS) is 24.4. The maximum atomic E-state index is 13.0. The Hall–Kier alpha value is -1.15. The molecule has 3 rings (SSSR count). The largest absolute Gasteiger partial charge is 0.508 e. The SMILES string of the molecule is COCC1CCCN(S(=O)(=O)N2CCC(c3cccc(O)c3)CC2)C1. The van der Waals surface area contributed by atoms with E-state index in [1.807, 2.05) is 12.1 Å². The summed E-state index contributed by atoms with van der Waals surface area (Å²) >= 11 is 0. The van der Waals surface area contributed by atoms with Gasteiger partial charge in [-0.25, -0.2) is 0 Å². The molecule has 2 fully saturated rings. The highest BCUT2D eigenvalue weighted by Gasteiger charge is 2.35. The Kier molecular flexibility index (Phi) is 5.99. The molecule has 0 radical (unpaired) electrons. The summed E-state index contributed by atoms with van der Waals surface area (Å²) in [4.78, 5) is 0. The Balaban J connectivity index is 1.61. The summed E-state index contributed by atoms with van der Waals surface area (Å²) in [5.74, 6) is 0.865. The molecular weight excluding hydrogens is 340 g/mol. The molecule has 1 aromatic rings. The standard InChI is InChI=1S/C18H28N2O4S/c1-24-14-15-4-3-9-20(13-15)25(22,23)19-10-7-16(8-11-19)17-5-2-6-18(21)12-17/h2,5-6,12,15-16,21H,3-4,7-11,13-14H2,1H3. The van der Waals surface area contributed by atoms with Crippen LogP contribution in [0.3, 0.4) is 0 Å². The highest BCUT2D eigenvalue weighted by Crippen LogP contribution is 2.32. The third-order valence-electron chi connectivity index (χ3n) is 5.33. The molecule has 0 saturated carbocycles. The van der Waals surface area contributed by atoms with Crippen molar-refractivity contribution < 1.29 is 18.3 Å². The molecule has 2 aliphatic rings. The minimum absolute atomic E-state index is 0.269. The van der Waals surface area contributed by atoms with Crippen molar-refractivity contribution in [2.24, 2.45) is 5.92 Å². The van der Waals surface area contributed by atoms with Crippen molar-refractivity contribution in [2.45, 2.75) is 31.6 Å². The summed E-state index contributed by atoms with van der Waals surface area (Å²) in [5.41, 5.74) is 1.09. The van der Waals surface area contributed by atoms with Crippen LogP contribution in [0, 0.1) is 5.92 Å². The second-order valence-electron chi connectivity index (χ2n) is 7.10. The Morgan fingerprint density at radius 2 is 1.92 bits per heavy atom. The molecule has 1 N–H and O–H groups in total. The molecule has 7 heteroatoms. The van der Waals surface area contributed by atoms with E-state index in [4.69, 9.17) is 4.74 Å². The van der Waals surface area contributed by atoms with Crippen molar-refractivity contribution in [3.05, 3.63) is 29.8 Å². The predicted octanol–water partition coefficient (Wildman–Crippen LogP) is 2.17. The van der Waals surface area contributed by atoms with Gasteiger partial charge < -0.3 is 9.84 Å². The summed E-state index contributed by atoms with van der Waals surface area (Å²) in [7, 11) is -1.72. The van der Waals surface area contributed by atoms with Gasteiger partial charge in [-0.3, -0.25) is 0 Å². The molecule has 0 aromatic heterocycles. The van der Waals surface area contributed by atoms with Crippen LogP contribution in [-0.2, 0) is 14.9 Å². The number of phenolic OH excluding ortho intramolecular Hbond substituents is 1. The first-order valence-electron chi connectivity index (χ1n) is 9.04. The van der Waals surface area contributed by atoms with Gasteiger partial charge in [-0.15, -0.1) is 0 Å². The molecule has 0 amide bonds.